The molecule has 2 rings (SSSR count). The van der Waals surface area contributed by atoms with E-state index < -0.39 is 0 Å². The van der Waals surface area contributed by atoms with Gasteiger partial charge in [-0.25, -0.2) is 9.97 Å². The van der Waals surface area contributed by atoms with Crippen LogP contribution in [0.3, 0.4) is 0 Å². The highest BCUT2D eigenvalue weighted by Crippen LogP contribution is 2.23. The van der Waals surface area contributed by atoms with Crippen LogP contribution in [0.4, 0.5) is 0 Å². The van der Waals surface area contributed by atoms with E-state index in [0.717, 1.165) is 0 Å². The maximum absolute atomic E-state index is 10.1. The van der Waals surface area contributed by atoms with Crippen molar-refractivity contribution in [3.05, 3.63) is 52.6 Å². The predicted molar refractivity (Wildman–Crippen MR) is 75.3 cm³/mol. The Kier molecular flexibility index (Phi) is 4.18. The van der Waals surface area contributed by atoms with Crippen LogP contribution < -0.4 is 4.74 Å². The second-order valence-electron chi connectivity index (χ2n) is 3.81. The van der Waals surface area contributed by atoms with E-state index in [4.69, 9.17) is 21.6 Å². The van der Waals surface area contributed by atoms with Crippen LogP contribution in [-0.2, 0) is 0 Å². The van der Waals surface area contributed by atoms with Crippen molar-refractivity contribution >= 4 is 23.4 Å². The third-order valence-electron chi connectivity index (χ3n) is 2.55. The van der Waals surface area contributed by atoms with Crippen molar-refractivity contribution in [3.8, 4) is 11.8 Å². The van der Waals surface area contributed by atoms with Crippen LogP contribution in [0.2, 0.25) is 5.28 Å². The van der Waals surface area contributed by atoms with Crippen molar-refractivity contribution in [1.82, 2.24) is 9.97 Å². The molecule has 0 spiro atoms. The van der Waals surface area contributed by atoms with Crippen molar-refractivity contribution in [2.24, 2.45) is 0 Å². The van der Waals surface area contributed by atoms with Crippen LogP contribution in [0, 0.1) is 11.3 Å². The molecule has 20 heavy (non-hydrogen) atoms. The molecule has 6 heteroatoms. The minimum Gasteiger partial charge on any atom is -0.507 e. The van der Waals surface area contributed by atoms with E-state index in [1.165, 1.54) is 25.4 Å². The van der Waals surface area contributed by atoms with Gasteiger partial charge in [0, 0.05) is 17.8 Å². The highest BCUT2D eigenvalue weighted by molar-refractivity contribution is 6.28. The Morgan fingerprint density at radius 1 is 1.45 bits per heavy atom. The second kappa shape index (κ2) is 6.04. The predicted octanol–water partition coefficient (Wildman–Crippen LogP) is 3.07. The smallest absolute Gasteiger partial charge is 0.222 e. The second-order valence-corrected chi connectivity index (χ2v) is 4.15. The Bertz CT molecular complexity index is 708. The van der Waals surface area contributed by atoms with Gasteiger partial charge >= 0.3 is 0 Å². The number of aliphatic hydroxyl groups excluding tert-OH is 1. The van der Waals surface area contributed by atoms with Crippen LogP contribution in [0.5, 0.6) is 5.75 Å². The summed E-state index contributed by atoms with van der Waals surface area (Å²) in [6.45, 7) is 0. The van der Waals surface area contributed by atoms with Gasteiger partial charge in [0.1, 0.15) is 17.6 Å². The molecule has 0 saturated carbocycles. The molecule has 5 nitrogen and oxygen atoms in total. The summed E-state index contributed by atoms with van der Waals surface area (Å²) >= 11 is 5.67. The third kappa shape index (κ3) is 3.05. The van der Waals surface area contributed by atoms with Crippen LogP contribution >= 0.6 is 11.6 Å². The molecule has 0 saturated heterocycles. The van der Waals surface area contributed by atoms with E-state index in [1.54, 1.807) is 18.2 Å². The molecule has 0 radical (unpaired) electrons. The van der Waals surface area contributed by atoms with E-state index in [1.807, 2.05) is 6.07 Å². The summed E-state index contributed by atoms with van der Waals surface area (Å²) in [7, 11) is 1.48. The maximum atomic E-state index is 10.1. The van der Waals surface area contributed by atoms with Gasteiger partial charge in [-0.15, -0.1) is 0 Å². The highest BCUT2D eigenvalue weighted by Gasteiger charge is 2.07. The summed E-state index contributed by atoms with van der Waals surface area (Å²) in [5, 5.41) is 19.2. The van der Waals surface area contributed by atoms with Crippen LogP contribution in [-0.4, -0.2) is 22.2 Å². The number of ether oxygens (including phenoxy) is 1. The molecule has 0 fully saturated rings. The third-order valence-corrected chi connectivity index (χ3v) is 2.73. The minimum absolute atomic E-state index is 0.0288. The average molecular weight is 288 g/mol. The summed E-state index contributed by atoms with van der Waals surface area (Å²) in [5.41, 5.74) is 1.29. The van der Waals surface area contributed by atoms with Crippen LogP contribution in [0.25, 0.3) is 11.8 Å². The molecule has 0 aliphatic carbocycles. The lowest BCUT2D eigenvalue weighted by Crippen LogP contribution is -1.91. The lowest BCUT2D eigenvalue weighted by Gasteiger charge is -2.05. The highest BCUT2D eigenvalue weighted by atomic mass is 35.5. The molecule has 1 aromatic carbocycles. The molecule has 0 bridgehead atoms. The maximum Gasteiger partial charge on any atom is 0.222 e. The molecule has 1 N–H and O–H groups in total. The van der Waals surface area contributed by atoms with Gasteiger partial charge in [-0.1, -0.05) is 0 Å². The number of aromatic nitrogens is 2. The molecule has 0 aliphatic heterocycles. The zero-order valence-electron chi connectivity index (χ0n) is 10.5. The van der Waals surface area contributed by atoms with Gasteiger partial charge in [0.05, 0.1) is 18.4 Å². The number of halogens is 1. The van der Waals surface area contributed by atoms with Crippen LogP contribution in [0.1, 0.15) is 16.8 Å². The Labute approximate surface area is 120 Å². The average Bonchev–Trinajstić information content (AvgIpc) is 2.46. The van der Waals surface area contributed by atoms with Gasteiger partial charge < -0.3 is 9.84 Å². The van der Waals surface area contributed by atoms with Gasteiger partial charge in [0.25, 0.3) is 0 Å². The number of methoxy groups -OCH3 is 1. The van der Waals surface area contributed by atoms with Crippen molar-refractivity contribution in [2.45, 2.75) is 0 Å². The Morgan fingerprint density at radius 2 is 2.25 bits per heavy atom. The van der Waals surface area contributed by atoms with E-state index in [0.29, 0.717) is 22.6 Å². The van der Waals surface area contributed by atoms with Crippen LogP contribution in [0.15, 0.2) is 30.5 Å². The number of rotatable bonds is 3. The first kappa shape index (κ1) is 13.8. The zero-order chi connectivity index (χ0) is 14.5. The summed E-state index contributed by atoms with van der Waals surface area (Å²) < 4.78 is 5.04. The quantitative estimate of drug-likeness (QED) is 0.693. The molecule has 0 atom stereocenters. The SMILES string of the molecule is COc1ccc(C(O)=Cc2ccnc(Cl)n2)cc1C#N. The zero-order valence-corrected chi connectivity index (χ0v) is 11.3. The monoisotopic (exact) mass is 287 g/mol. The van der Waals surface area contributed by atoms with Crippen molar-refractivity contribution < 1.29 is 9.84 Å². The van der Waals surface area contributed by atoms with E-state index in [-0.39, 0.29) is 11.0 Å². The Balaban J connectivity index is 2.39. The van der Waals surface area contributed by atoms with Gasteiger partial charge in [-0.3, -0.25) is 0 Å². The molecule has 100 valence electrons. The number of aliphatic hydroxyl groups is 1. The van der Waals surface area contributed by atoms with Crippen molar-refractivity contribution in [3.63, 3.8) is 0 Å². The molecule has 1 heterocycles. The molecule has 0 unspecified atom stereocenters. The van der Waals surface area contributed by atoms with E-state index >= 15 is 0 Å². The normalized spacial score (nSPS) is 10.9. The Hall–Kier alpha value is -2.58. The number of hydrogen-bond donors (Lipinski definition) is 1. The number of nitriles is 1. The topological polar surface area (TPSA) is 79.0 Å². The van der Waals surface area contributed by atoms with Gasteiger partial charge in [0.15, 0.2) is 0 Å². The van der Waals surface area contributed by atoms with E-state index in [9.17, 15) is 5.11 Å². The Morgan fingerprint density at radius 3 is 2.90 bits per heavy atom. The minimum atomic E-state index is -0.0288. The number of nitrogens with zero attached hydrogens (tertiary/aromatic N) is 3. The molecule has 1 aromatic heterocycles. The first-order chi connectivity index (χ1) is 9.63. The summed E-state index contributed by atoms with van der Waals surface area (Å²) in [4.78, 5) is 7.70. The van der Waals surface area contributed by atoms with Gasteiger partial charge in [-0.2, -0.15) is 5.26 Å². The number of hydrogen-bond acceptors (Lipinski definition) is 5. The van der Waals surface area contributed by atoms with E-state index in [2.05, 4.69) is 9.97 Å². The fraction of sp³-hybridized carbons (Fsp3) is 0.0714. The summed E-state index contributed by atoms with van der Waals surface area (Å²) in [5.74, 6) is 0.424. The van der Waals surface area contributed by atoms with Gasteiger partial charge in [-0.05, 0) is 35.9 Å². The van der Waals surface area contributed by atoms with Crippen molar-refractivity contribution in [2.75, 3.05) is 7.11 Å². The first-order valence-corrected chi connectivity index (χ1v) is 5.99. The van der Waals surface area contributed by atoms with Gasteiger partial charge in [0.2, 0.25) is 5.28 Å². The molecule has 2 aromatic rings. The molecule has 0 aliphatic rings. The lowest BCUT2D eigenvalue weighted by atomic mass is 10.1. The fourth-order valence-corrected chi connectivity index (χ4v) is 1.76. The molecular formula is C14H10ClN3O2. The number of benzene rings is 1. The molecule has 0 amide bonds. The summed E-state index contributed by atoms with van der Waals surface area (Å²) in [6.07, 6.45) is 2.93. The first-order valence-electron chi connectivity index (χ1n) is 5.61. The summed E-state index contributed by atoms with van der Waals surface area (Å²) in [6, 6.07) is 8.41. The van der Waals surface area contributed by atoms with Crippen molar-refractivity contribution in [1.29, 1.82) is 5.26 Å². The fourth-order valence-electron chi connectivity index (χ4n) is 1.61. The standard InChI is InChI=1S/C14H10ClN3O2/c1-20-13-3-2-9(6-10(13)8-16)12(19)7-11-4-5-17-14(15)18-11/h2-7,19H,1H3. The molecular weight excluding hydrogens is 278 g/mol. The largest absolute Gasteiger partial charge is 0.507 e. The lowest BCUT2D eigenvalue weighted by molar-refractivity contribution is 0.413.